The third-order valence-corrected chi connectivity index (χ3v) is 6.19. The molecule has 2 aromatic heterocycles. The van der Waals surface area contributed by atoms with E-state index in [1.54, 1.807) is 12.4 Å². The summed E-state index contributed by atoms with van der Waals surface area (Å²) in [5.41, 5.74) is 8.42. The third kappa shape index (κ3) is 3.08. The molecule has 0 aliphatic heterocycles. The number of para-hydroxylation sites is 2. The molecule has 0 N–H and O–H groups in total. The predicted molar refractivity (Wildman–Crippen MR) is 132 cm³/mol. The number of aromatic nitrogens is 2. The van der Waals surface area contributed by atoms with Crippen LogP contribution in [0.25, 0.3) is 38.6 Å². The van der Waals surface area contributed by atoms with Crippen molar-refractivity contribution in [3.63, 3.8) is 0 Å². The lowest BCUT2D eigenvalue weighted by molar-refractivity contribution is 0.594. The van der Waals surface area contributed by atoms with Gasteiger partial charge in [0.15, 0.2) is 0 Å². The smallest absolute Gasteiger partial charge is 0.0998 e. The Balaban J connectivity index is 1.91. The number of fused-ring (bicyclic) bond motifs is 3. The van der Waals surface area contributed by atoms with Crippen molar-refractivity contribution < 1.29 is 0 Å². The topological polar surface area (TPSA) is 41.6 Å². The molecule has 2 heterocycles. The van der Waals surface area contributed by atoms with Crippen LogP contribution in [-0.4, -0.2) is 9.55 Å². The number of nitrogens with zero attached hydrogens (tertiary/aromatic N) is 3. The first kappa shape index (κ1) is 20.0. The highest BCUT2D eigenvalue weighted by molar-refractivity contribution is 6.10. The number of aryl methyl sites for hydroxylation is 1. The molecule has 0 saturated heterocycles. The summed E-state index contributed by atoms with van der Waals surface area (Å²) in [5, 5.41) is 12.5. The molecule has 32 heavy (non-hydrogen) atoms. The minimum atomic E-state index is -0.0193. The minimum absolute atomic E-state index is 0.0193. The zero-order valence-electron chi connectivity index (χ0n) is 18.8. The average molecular weight is 416 g/mol. The Kier molecular flexibility index (Phi) is 4.60. The maximum atomic E-state index is 10.0. The lowest BCUT2D eigenvalue weighted by atomic mass is 9.85. The SMILES string of the molecule is Cc1cc(-c2ccncc2)c(C#N)cc1-n1c2ccccc2c2cccc(C(C)(C)C)c21. The van der Waals surface area contributed by atoms with Gasteiger partial charge in [-0.25, -0.2) is 0 Å². The van der Waals surface area contributed by atoms with Gasteiger partial charge in [-0.3, -0.25) is 4.98 Å². The first-order chi connectivity index (χ1) is 15.4. The van der Waals surface area contributed by atoms with Gasteiger partial charge < -0.3 is 4.57 Å². The van der Waals surface area contributed by atoms with E-state index in [9.17, 15) is 5.26 Å². The molecule has 0 fully saturated rings. The Bertz CT molecular complexity index is 1510. The van der Waals surface area contributed by atoms with E-state index in [0.717, 1.165) is 27.9 Å². The van der Waals surface area contributed by atoms with Gasteiger partial charge in [0.05, 0.1) is 28.4 Å². The average Bonchev–Trinajstić information content (AvgIpc) is 3.13. The second-order valence-corrected chi connectivity index (χ2v) is 9.34. The summed E-state index contributed by atoms with van der Waals surface area (Å²) in [5.74, 6) is 0. The maximum Gasteiger partial charge on any atom is 0.0998 e. The Hall–Kier alpha value is -3.90. The number of benzene rings is 3. The van der Waals surface area contributed by atoms with Gasteiger partial charge in [-0.05, 0) is 64.9 Å². The first-order valence-corrected chi connectivity index (χ1v) is 10.9. The Morgan fingerprint density at radius 3 is 2.31 bits per heavy atom. The van der Waals surface area contributed by atoms with E-state index < -0.39 is 0 Å². The molecule has 0 spiro atoms. The van der Waals surface area contributed by atoms with Gasteiger partial charge in [-0.1, -0.05) is 57.2 Å². The van der Waals surface area contributed by atoms with E-state index in [4.69, 9.17) is 0 Å². The summed E-state index contributed by atoms with van der Waals surface area (Å²) in [6.07, 6.45) is 3.53. The van der Waals surface area contributed by atoms with Crippen molar-refractivity contribution in [3.8, 4) is 22.9 Å². The number of hydrogen-bond donors (Lipinski definition) is 0. The van der Waals surface area contributed by atoms with E-state index in [1.807, 2.05) is 18.2 Å². The lowest BCUT2D eigenvalue weighted by Crippen LogP contribution is -2.13. The van der Waals surface area contributed by atoms with Crippen LogP contribution in [-0.2, 0) is 5.41 Å². The van der Waals surface area contributed by atoms with Gasteiger partial charge in [0.2, 0.25) is 0 Å². The summed E-state index contributed by atoms with van der Waals surface area (Å²) in [6.45, 7) is 8.89. The molecule has 5 rings (SSSR count). The monoisotopic (exact) mass is 415 g/mol. The molecule has 5 aromatic rings. The molecule has 0 amide bonds. The normalized spacial score (nSPS) is 11.7. The summed E-state index contributed by atoms with van der Waals surface area (Å²) < 4.78 is 2.34. The predicted octanol–water partition coefficient (Wildman–Crippen LogP) is 7.32. The van der Waals surface area contributed by atoms with Crippen LogP contribution in [0.3, 0.4) is 0 Å². The Labute approximate surface area is 188 Å². The lowest BCUT2D eigenvalue weighted by Gasteiger charge is -2.23. The first-order valence-electron chi connectivity index (χ1n) is 10.9. The van der Waals surface area contributed by atoms with Crippen LogP contribution in [0.5, 0.6) is 0 Å². The summed E-state index contributed by atoms with van der Waals surface area (Å²) in [4.78, 5) is 4.12. The van der Waals surface area contributed by atoms with Crippen LogP contribution >= 0.6 is 0 Å². The highest BCUT2D eigenvalue weighted by atomic mass is 15.0. The van der Waals surface area contributed by atoms with E-state index in [0.29, 0.717) is 5.56 Å². The molecule has 156 valence electrons. The molecule has 3 heteroatoms. The quantitative estimate of drug-likeness (QED) is 0.303. The summed E-state index contributed by atoms with van der Waals surface area (Å²) >= 11 is 0. The van der Waals surface area contributed by atoms with Crippen LogP contribution < -0.4 is 0 Å². The van der Waals surface area contributed by atoms with E-state index in [1.165, 1.54) is 21.9 Å². The Morgan fingerprint density at radius 2 is 1.59 bits per heavy atom. The Morgan fingerprint density at radius 1 is 0.875 bits per heavy atom. The van der Waals surface area contributed by atoms with Crippen LogP contribution in [0.2, 0.25) is 0 Å². The summed E-state index contributed by atoms with van der Waals surface area (Å²) in [6, 6.07) is 25.6. The number of rotatable bonds is 2. The zero-order valence-corrected chi connectivity index (χ0v) is 18.8. The van der Waals surface area contributed by atoms with Gasteiger partial charge in [0, 0.05) is 23.2 Å². The largest absolute Gasteiger partial charge is 0.309 e. The van der Waals surface area contributed by atoms with Crippen molar-refractivity contribution in [1.82, 2.24) is 9.55 Å². The fourth-order valence-corrected chi connectivity index (χ4v) is 4.67. The molecule has 0 unspecified atom stereocenters. The van der Waals surface area contributed by atoms with E-state index in [2.05, 4.69) is 91.8 Å². The second-order valence-electron chi connectivity index (χ2n) is 9.34. The summed E-state index contributed by atoms with van der Waals surface area (Å²) in [7, 11) is 0. The van der Waals surface area contributed by atoms with Gasteiger partial charge in [0.25, 0.3) is 0 Å². The van der Waals surface area contributed by atoms with Gasteiger partial charge >= 0.3 is 0 Å². The zero-order chi connectivity index (χ0) is 22.5. The van der Waals surface area contributed by atoms with Crippen molar-refractivity contribution in [2.24, 2.45) is 0 Å². The highest BCUT2D eigenvalue weighted by Crippen LogP contribution is 2.39. The van der Waals surface area contributed by atoms with Crippen LogP contribution in [0.15, 0.2) is 79.1 Å². The number of pyridine rings is 1. The fourth-order valence-electron chi connectivity index (χ4n) is 4.67. The van der Waals surface area contributed by atoms with Crippen molar-refractivity contribution in [2.75, 3.05) is 0 Å². The van der Waals surface area contributed by atoms with Crippen LogP contribution in [0.1, 0.15) is 37.5 Å². The standard InChI is InChI=1S/C29H25N3/c1-19-16-24(20-12-14-31-15-13-20)21(18-30)17-27(19)32-26-11-6-5-8-22(26)23-9-7-10-25(28(23)32)29(2,3)4/h5-17H,1-4H3. The highest BCUT2D eigenvalue weighted by Gasteiger charge is 2.23. The molecular formula is C29H25N3. The molecule has 0 saturated carbocycles. The van der Waals surface area contributed by atoms with Gasteiger partial charge in [-0.15, -0.1) is 0 Å². The number of nitriles is 1. The molecular weight excluding hydrogens is 390 g/mol. The molecule has 0 aliphatic rings. The van der Waals surface area contributed by atoms with Gasteiger partial charge in [-0.2, -0.15) is 5.26 Å². The number of hydrogen-bond acceptors (Lipinski definition) is 2. The third-order valence-electron chi connectivity index (χ3n) is 6.19. The van der Waals surface area contributed by atoms with Crippen LogP contribution in [0.4, 0.5) is 0 Å². The molecule has 0 bridgehead atoms. The molecule has 0 radical (unpaired) electrons. The molecule has 0 aliphatic carbocycles. The van der Waals surface area contributed by atoms with Crippen molar-refractivity contribution in [2.45, 2.75) is 33.1 Å². The molecule has 0 atom stereocenters. The van der Waals surface area contributed by atoms with Crippen LogP contribution in [0, 0.1) is 18.3 Å². The van der Waals surface area contributed by atoms with Gasteiger partial charge in [0.1, 0.15) is 0 Å². The van der Waals surface area contributed by atoms with E-state index in [-0.39, 0.29) is 5.41 Å². The molecule has 3 nitrogen and oxygen atoms in total. The second kappa shape index (κ2) is 7.35. The fraction of sp³-hybridized carbons (Fsp3) is 0.172. The van der Waals surface area contributed by atoms with Crippen molar-refractivity contribution >= 4 is 21.8 Å². The maximum absolute atomic E-state index is 10.0. The van der Waals surface area contributed by atoms with Crippen molar-refractivity contribution in [3.05, 3.63) is 95.8 Å². The van der Waals surface area contributed by atoms with Crippen molar-refractivity contribution in [1.29, 1.82) is 5.26 Å². The molecule has 3 aromatic carbocycles. The minimum Gasteiger partial charge on any atom is -0.309 e. The van der Waals surface area contributed by atoms with E-state index >= 15 is 0 Å².